The van der Waals surface area contributed by atoms with Crippen molar-refractivity contribution in [2.24, 2.45) is 11.8 Å². The van der Waals surface area contributed by atoms with Crippen molar-refractivity contribution in [1.82, 2.24) is 4.90 Å². The second-order valence-electron chi connectivity index (χ2n) is 8.43. The zero-order chi connectivity index (χ0) is 22.6. The first kappa shape index (κ1) is 20.2. The summed E-state index contributed by atoms with van der Waals surface area (Å²) in [5, 5.41) is 0. The monoisotopic (exact) mass is 428 g/mol. The molecule has 162 valence electrons. The second kappa shape index (κ2) is 7.48. The van der Waals surface area contributed by atoms with Gasteiger partial charge in [0.15, 0.2) is 5.78 Å². The Bertz CT molecular complexity index is 1170. The zero-order valence-corrected chi connectivity index (χ0v) is 18.0. The Morgan fingerprint density at radius 1 is 1.06 bits per heavy atom. The molecule has 0 aromatic heterocycles. The van der Waals surface area contributed by atoms with Crippen LogP contribution in [0.2, 0.25) is 0 Å². The molecule has 0 saturated carbocycles. The molecule has 0 N–H and O–H groups in total. The summed E-state index contributed by atoms with van der Waals surface area (Å²) >= 11 is 0. The summed E-state index contributed by atoms with van der Waals surface area (Å²) in [6, 6.07) is 13.6. The average molecular weight is 428 g/mol. The molecule has 0 unspecified atom stereocenters. The Labute approximate surface area is 186 Å². The van der Waals surface area contributed by atoms with E-state index in [1.165, 1.54) is 4.90 Å². The van der Waals surface area contributed by atoms with Crippen LogP contribution in [0.4, 0.5) is 5.69 Å². The number of imide groups is 1. The van der Waals surface area contributed by atoms with Crippen molar-refractivity contribution in [1.29, 1.82) is 0 Å². The summed E-state index contributed by atoms with van der Waals surface area (Å²) in [5.74, 6) is -1.40. The van der Waals surface area contributed by atoms with Gasteiger partial charge in [0.25, 0.3) is 0 Å². The van der Waals surface area contributed by atoms with E-state index in [2.05, 4.69) is 6.58 Å². The molecule has 0 aliphatic carbocycles. The molecular weight excluding hydrogens is 404 g/mol. The van der Waals surface area contributed by atoms with Crippen molar-refractivity contribution in [2.45, 2.75) is 19.0 Å². The number of ether oxygens (including phenoxy) is 1. The maximum Gasteiger partial charge on any atom is 0.236 e. The minimum atomic E-state index is -0.768. The number of hydrogen-bond acceptors (Lipinski definition) is 5. The molecule has 0 bridgehead atoms. The maximum atomic E-state index is 13.8. The van der Waals surface area contributed by atoms with E-state index in [0.717, 1.165) is 16.8 Å². The highest BCUT2D eigenvalue weighted by atomic mass is 16.5. The number of carbonyl (C=O) groups excluding carboxylic acids is 3. The van der Waals surface area contributed by atoms with Crippen LogP contribution in [0.5, 0.6) is 5.75 Å². The van der Waals surface area contributed by atoms with Crippen molar-refractivity contribution < 1.29 is 19.1 Å². The van der Waals surface area contributed by atoms with Crippen molar-refractivity contribution in [3.8, 4) is 5.75 Å². The molecule has 6 heteroatoms. The van der Waals surface area contributed by atoms with Gasteiger partial charge in [0.2, 0.25) is 11.8 Å². The molecule has 2 aromatic carbocycles. The molecule has 3 heterocycles. The molecule has 2 fully saturated rings. The lowest BCUT2D eigenvalue weighted by Crippen LogP contribution is -2.49. The fourth-order valence-electron chi connectivity index (χ4n) is 5.39. The Morgan fingerprint density at radius 3 is 2.44 bits per heavy atom. The van der Waals surface area contributed by atoms with E-state index in [9.17, 15) is 14.4 Å². The third-order valence-corrected chi connectivity index (χ3v) is 6.80. The van der Waals surface area contributed by atoms with E-state index in [1.807, 2.05) is 42.2 Å². The molecule has 4 atom stereocenters. The lowest BCUT2D eigenvalue weighted by atomic mass is 9.85. The van der Waals surface area contributed by atoms with Gasteiger partial charge in [-0.15, -0.1) is 6.58 Å². The lowest BCUT2D eigenvalue weighted by molar-refractivity contribution is -0.139. The van der Waals surface area contributed by atoms with E-state index in [4.69, 9.17) is 4.74 Å². The summed E-state index contributed by atoms with van der Waals surface area (Å²) in [4.78, 5) is 43.8. The molecule has 3 aliphatic heterocycles. The number of hydrogen-bond donors (Lipinski definition) is 0. The topological polar surface area (TPSA) is 66.9 Å². The first-order valence-electron chi connectivity index (χ1n) is 10.7. The second-order valence-corrected chi connectivity index (χ2v) is 8.43. The average Bonchev–Trinajstić information content (AvgIpc) is 3.27. The summed E-state index contributed by atoms with van der Waals surface area (Å²) in [5.41, 5.74) is 3.43. The van der Waals surface area contributed by atoms with Crippen LogP contribution in [0.15, 0.2) is 67.3 Å². The van der Waals surface area contributed by atoms with Crippen LogP contribution < -0.4 is 9.64 Å². The van der Waals surface area contributed by atoms with Gasteiger partial charge in [-0.05, 0) is 42.8 Å². The van der Waals surface area contributed by atoms with Crippen LogP contribution in [0, 0.1) is 11.8 Å². The highest BCUT2D eigenvalue weighted by Gasteiger charge is 2.64. The molecule has 3 aliphatic rings. The highest BCUT2D eigenvalue weighted by molar-refractivity contribution is 6.14. The molecule has 2 saturated heterocycles. The largest absolute Gasteiger partial charge is 0.497 e. The quantitative estimate of drug-likeness (QED) is 0.415. The Morgan fingerprint density at radius 2 is 1.75 bits per heavy atom. The lowest BCUT2D eigenvalue weighted by Gasteiger charge is -2.38. The van der Waals surface area contributed by atoms with Crippen LogP contribution in [0.1, 0.15) is 22.8 Å². The fourth-order valence-corrected chi connectivity index (χ4v) is 5.39. The zero-order valence-electron chi connectivity index (χ0n) is 18.0. The predicted molar refractivity (Wildman–Crippen MR) is 121 cm³/mol. The number of benzene rings is 2. The van der Waals surface area contributed by atoms with Gasteiger partial charge in [-0.25, -0.2) is 0 Å². The van der Waals surface area contributed by atoms with E-state index < -0.39 is 17.9 Å². The normalized spacial score (nSPS) is 25.8. The van der Waals surface area contributed by atoms with Crippen molar-refractivity contribution >= 4 is 28.9 Å². The van der Waals surface area contributed by atoms with Gasteiger partial charge in [0.1, 0.15) is 11.8 Å². The van der Waals surface area contributed by atoms with Crippen LogP contribution in [-0.2, 0) is 9.59 Å². The summed E-state index contributed by atoms with van der Waals surface area (Å²) in [6.07, 6.45) is 3.58. The maximum absolute atomic E-state index is 13.8. The standard InChI is InChI=1S/C26H24N2O4/c1-4-13-27-25(30)21-20-14-15(2)18-7-5-6-8-19(18)28(20)23(22(21)26(27)31)24(29)16-9-11-17(32-3)12-10-16/h4-12,14,20-23H,1,13H2,2-3H3/t20-,21-,22-,23+/m1/s1. The van der Waals surface area contributed by atoms with Gasteiger partial charge in [0, 0.05) is 23.4 Å². The number of nitrogens with zero attached hydrogens (tertiary/aromatic N) is 2. The third kappa shape index (κ3) is 2.75. The first-order chi connectivity index (χ1) is 15.5. The summed E-state index contributed by atoms with van der Waals surface area (Å²) in [7, 11) is 1.57. The first-order valence-corrected chi connectivity index (χ1v) is 10.7. The Kier molecular flexibility index (Phi) is 4.73. The van der Waals surface area contributed by atoms with Crippen LogP contribution >= 0.6 is 0 Å². The van der Waals surface area contributed by atoms with Gasteiger partial charge in [-0.1, -0.05) is 30.4 Å². The smallest absolute Gasteiger partial charge is 0.236 e. The Hall–Kier alpha value is -3.67. The minimum Gasteiger partial charge on any atom is -0.497 e. The third-order valence-electron chi connectivity index (χ3n) is 6.80. The number of carbonyl (C=O) groups is 3. The molecule has 0 spiro atoms. The van der Waals surface area contributed by atoms with Crippen molar-refractivity contribution in [2.75, 3.05) is 18.6 Å². The number of para-hydroxylation sites is 1. The highest BCUT2D eigenvalue weighted by Crippen LogP contribution is 2.50. The number of methoxy groups -OCH3 is 1. The number of fused-ring (bicyclic) bond motifs is 5. The Balaban J connectivity index is 1.66. The van der Waals surface area contributed by atoms with E-state index in [1.54, 1.807) is 37.5 Å². The molecule has 32 heavy (non-hydrogen) atoms. The number of rotatable bonds is 5. The number of anilines is 1. The van der Waals surface area contributed by atoms with Crippen molar-refractivity contribution in [3.63, 3.8) is 0 Å². The van der Waals surface area contributed by atoms with Gasteiger partial charge in [-0.3, -0.25) is 19.3 Å². The predicted octanol–water partition coefficient (Wildman–Crippen LogP) is 3.34. The van der Waals surface area contributed by atoms with Gasteiger partial charge in [0.05, 0.1) is 25.0 Å². The van der Waals surface area contributed by atoms with E-state index in [0.29, 0.717) is 11.3 Å². The molecule has 0 radical (unpaired) electrons. The van der Waals surface area contributed by atoms with Crippen LogP contribution in [0.25, 0.3) is 5.57 Å². The van der Waals surface area contributed by atoms with Gasteiger partial charge in [-0.2, -0.15) is 0 Å². The summed E-state index contributed by atoms with van der Waals surface area (Å²) in [6.45, 7) is 5.84. The number of ketones is 1. The van der Waals surface area contributed by atoms with E-state index >= 15 is 0 Å². The number of Topliss-reactive ketones (excluding diaryl/α,β-unsaturated/α-hetero) is 1. The van der Waals surface area contributed by atoms with Crippen LogP contribution in [-0.4, -0.2) is 48.2 Å². The molecule has 2 aromatic rings. The molecule has 6 nitrogen and oxygen atoms in total. The SMILES string of the molecule is C=CCN1C(=O)[C@@H]2[C@H](C1=O)[C@H]1C=C(C)c3ccccc3N1[C@@H]2C(=O)c1ccc(OC)cc1. The number of likely N-dealkylation sites (tertiary alicyclic amines) is 1. The van der Waals surface area contributed by atoms with Gasteiger partial charge < -0.3 is 9.64 Å². The summed E-state index contributed by atoms with van der Waals surface area (Å²) < 4.78 is 5.22. The fraction of sp³-hybridized carbons (Fsp3) is 0.269. The van der Waals surface area contributed by atoms with Crippen molar-refractivity contribution in [3.05, 3.63) is 78.4 Å². The van der Waals surface area contributed by atoms with Crippen LogP contribution in [0.3, 0.4) is 0 Å². The molecular formula is C26H24N2O4. The molecule has 2 amide bonds. The molecule has 5 rings (SSSR count). The minimum absolute atomic E-state index is 0.153. The number of allylic oxidation sites excluding steroid dienone is 1. The number of amides is 2. The van der Waals surface area contributed by atoms with Gasteiger partial charge >= 0.3 is 0 Å². The van der Waals surface area contributed by atoms with E-state index in [-0.39, 0.29) is 30.2 Å².